The lowest BCUT2D eigenvalue weighted by molar-refractivity contribution is -0.141. The van der Waals surface area contributed by atoms with Gasteiger partial charge in [0.25, 0.3) is 5.91 Å². The molecule has 2 N–H and O–H groups in total. The zero-order valence-corrected chi connectivity index (χ0v) is 15.4. The van der Waals surface area contributed by atoms with Crippen molar-refractivity contribution in [2.75, 3.05) is 6.54 Å². The van der Waals surface area contributed by atoms with E-state index in [1.165, 1.54) is 4.90 Å². The molecular weight excluding hydrogens is 308 g/mol. The van der Waals surface area contributed by atoms with Gasteiger partial charge in [0.05, 0.1) is 23.3 Å². The van der Waals surface area contributed by atoms with Crippen LogP contribution in [-0.4, -0.2) is 50.8 Å². The van der Waals surface area contributed by atoms with Gasteiger partial charge in [-0.25, -0.2) is 4.79 Å². The molecule has 3 aliphatic rings. The van der Waals surface area contributed by atoms with Gasteiger partial charge in [-0.3, -0.25) is 9.69 Å². The number of aliphatic hydroxyl groups is 1. The second-order valence-corrected chi connectivity index (χ2v) is 9.18. The highest BCUT2D eigenvalue weighted by molar-refractivity contribution is 6.08. The number of hydrogen-bond acceptors (Lipinski definition) is 4. The molecule has 3 rings (SSSR count). The Bertz CT molecular complexity index is 563. The minimum atomic E-state index is -1.05. The lowest BCUT2D eigenvalue weighted by Crippen LogP contribution is -2.59. The molecule has 1 saturated carbocycles. The zero-order chi connectivity index (χ0) is 18.0. The molecule has 1 atom stereocenters. The molecule has 2 aliphatic heterocycles. The number of carbonyl (C=O) groups excluding carboxylic acids is 2. The van der Waals surface area contributed by atoms with Gasteiger partial charge in [-0.1, -0.05) is 6.92 Å². The lowest BCUT2D eigenvalue weighted by Gasteiger charge is -2.37. The zero-order valence-electron chi connectivity index (χ0n) is 15.4. The van der Waals surface area contributed by atoms with Gasteiger partial charge in [-0.15, -0.1) is 0 Å². The fraction of sp³-hybridized carbons (Fsp3) is 0.889. The summed E-state index contributed by atoms with van der Waals surface area (Å²) in [5.41, 5.74) is -3.29. The second kappa shape index (κ2) is 5.18. The minimum absolute atomic E-state index is 0.0721. The molecule has 24 heavy (non-hydrogen) atoms. The van der Waals surface area contributed by atoms with Gasteiger partial charge in [0.2, 0.25) is 0 Å². The van der Waals surface area contributed by atoms with Crippen LogP contribution in [-0.2, 0) is 9.53 Å². The van der Waals surface area contributed by atoms with Crippen molar-refractivity contribution in [3.05, 3.63) is 0 Å². The summed E-state index contributed by atoms with van der Waals surface area (Å²) in [5, 5.41) is 13.7. The molecule has 3 fully saturated rings. The molecule has 136 valence electrons. The van der Waals surface area contributed by atoms with E-state index < -0.39 is 28.4 Å². The molecule has 0 aromatic heterocycles. The lowest BCUT2D eigenvalue weighted by atomic mass is 9.77. The number of amides is 3. The van der Waals surface area contributed by atoms with E-state index in [9.17, 15) is 14.7 Å². The van der Waals surface area contributed by atoms with Crippen LogP contribution in [0.25, 0.3) is 0 Å². The van der Waals surface area contributed by atoms with Crippen molar-refractivity contribution in [3.8, 4) is 0 Å². The van der Waals surface area contributed by atoms with Crippen molar-refractivity contribution >= 4 is 11.9 Å². The minimum Gasteiger partial charge on any atom is -0.388 e. The molecule has 1 aliphatic carbocycles. The topological polar surface area (TPSA) is 78.9 Å². The van der Waals surface area contributed by atoms with Crippen LogP contribution in [0.2, 0.25) is 0 Å². The van der Waals surface area contributed by atoms with Crippen LogP contribution >= 0.6 is 0 Å². The number of rotatable bonds is 2. The van der Waals surface area contributed by atoms with Gasteiger partial charge in [0.15, 0.2) is 5.54 Å². The van der Waals surface area contributed by atoms with E-state index in [-0.39, 0.29) is 12.5 Å². The van der Waals surface area contributed by atoms with Gasteiger partial charge in [-0.05, 0) is 59.3 Å². The van der Waals surface area contributed by atoms with Gasteiger partial charge in [0, 0.05) is 6.42 Å². The molecule has 0 aromatic carbocycles. The third-order valence-electron chi connectivity index (χ3n) is 6.08. The summed E-state index contributed by atoms with van der Waals surface area (Å²) < 4.78 is 6.05. The fourth-order valence-corrected chi connectivity index (χ4v) is 4.71. The Balaban J connectivity index is 1.83. The summed E-state index contributed by atoms with van der Waals surface area (Å²) in [6, 6.07) is -0.415. The van der Waals surface area contributed by atoms with E-state index in [1.807, 2.05) is 27.7 Å². The molecule has 0 bridgehead atoms. The van der Waals surface area contributed by atoms with E-state index in [1.54, 1.807) is 0 Å². The number of imide groups is 1. The van der Waals surface area contributed by atoms with Crippen molar-refractivity contribution in [2.45, 2.75) is 89.1 Å². The number of β-amino-alcohol motifs (C(OH)–C–C–N with tert-alkyl or cyclic N) is 1. The summed E-state index contributed by atoms with van der Waals surface area (Å²) in [6.07, 6.45) is 3.54. The number of urea groups is 1. The summed E-state index contributed by atoms with van der Waals surface area (Å²) >= 11 is 0. The predicted octanol–water partition coefficient (Wildman–Crippen LogP) is 2.20. The predicted molar refractivity (Wildman–Crippen MR) is 89.4 cm³/mol. The molecule has 6 nitrogen and oxygen atoms in total. The maximum absolute atomic E-state index is 13.2. The third-order valence-corrected chi connectivity index (χ3v) is 6.08. The Kier molecular flexibility index (Phi) is 3.81. The molecular formula is C18H30N2O4. The van der Waals surface area contributed by atoms with E-state index >= 15 is 0 Å². The van der Waals surface area contributed by atoms with Crippen LogP contribution in [0.1, 0.15) is 66.7 Å². The first-order valence-corrected chi connectivity index (χ1v) is 8.97. The standard InChI is InChI=1S/C18H30N2O4/c1-12-6-8-17(23,9-7-12)11-20-13(21)18(19-14(20)22)10-15(2,3)24-16(18,4)5/h12,23H,6-11H2,1-5H3,(H,19,22)/t12?,17?,18-/m1/s1. The molecule has 0 radical (unpaired) electrons. The van der Waals surface area contributed by atoms with E-state index in [4.69, 9.17) is 4.74 Å². The first-order chi connectivity index (χ1) is 10.9. The van der Waals surface area contributed by atoms with Crippen molar-refractivity contribution in [1.82, 2.24) is 10.2 Å². The smallest absolute Gasteiger partial charge is 0.325 e. The molecule has 2 saturated heterocycles. The SMILES string of the molecule is CC1CCC(O)(CN2C(=O)N[C@]3(CC(C)(C)OC3(C)C)C2=O)CC1. The Labute approximate surface area is 143 Å². The largest absolute Gasteiger partial charge is 0.388 e. The van der Waals surface area contributed by atoms with Crippen molar-refractivity contribution in [2.24, 2.45) is 5.92 Å². The average molecular weight is 338 g/mol. The molecule has 3 amide bonds. The van der Waals surface area contributed by atoms with Gasteiger partial charge in [-0.2, -0.15) is 0 Å². The Morgan fingerprint density at radius 2 is 1.79 bits per heavy atom. The van der Waals surface area contributed by atoms with Crippen LogP contribution < -0.4 is 5.32 Å². The Morgan fingerprint density at radius 3 is 2.29 bits per heavy atom. The van der Waals surface area contributed by atoms with Crippen LogP contribution in [0, 0.1) is 5.92 Å². The first kappa shape index (κ1) is 17.7. The highest BCUT2D eigenvalue weighted by atomic mass is 16.5. The maximum Gasteiger partial charge on any atom is 0.325 e. The van der Waals surface area contributed by atoms with Gasteiger partial charge >= 0.3 is 6.03 Å². The summed E-state index contributed by atoms with van der Waals surface area (Å²) in [5.74, 6) is 0.317. The number of nitrogens with zero attached hydrogens (tertiary/aromatic N) is 1. The van der Waals surface area contributed by atoms with E-state index in [0.717, 1.165) is 12.8 Å². The second-order valence-electron chi connectivity index (χ2n) is 9.18. The first-order valence-electron chi connectivity index (χ1n) is 8.97. The summed E-state index contributed by atoms with van der Waals surface area (Å²) in [6.45, 7) is 9.80. The summed E-state index contributed by atoms with van der Waals surface area (Å²) in [7, 11) is 0. The Hall–Kier alpha value is -1.14. The Morgan fingerprint density at radius 1 is 1.21 bits per heavy atom. The normalized spacial score (nSPS) is 41.1. The van der Waals surface area contributed by atoms with E-state index in [0.29, 0.717) is 25.2 Å². The monoisotopic (exact) mass is 338 g/mol. The van der Waals surface area contributed by atoms with Gasteiger partial charge < -0.3 is 15.2 Å². The number of carbonyl (C=O) groups is 2. The average Bonchev–Trinajstić information content (AvgIpc) is 2.77. The van der Waals surface area contributed by atoms with Crippen LogP contribution in [0.5, 0.6) is 0 Å². The highest BCUT2D eigenvalue weighted by Crippen LogP contribution is 2.48. The van der Waals surface area contributed by atoms with Crippen LogP contribution in [0.3, 0.4) is 0 Å². The third kappa shape index (κ3) is 2.64. The fourth-order valence-electron chi connectivity index (χ4n) is 4.71. The van der Waals surface area contributed by atoms with Crippen molar-refractivity contribution in [3.63, 3.8) is 0 Å². The summed E-state index contributed by atoms with van der Waals surface area (Å²) in [4.78, 5) is 26.9. The number of hydrogen-bond donors (Lipinski definition) is 2. The quantitative estimate of drug-likeness (QED) is 0.757. The van der Waals surface area contributed by atoms with Crippen molar-refractivity contribution in [1.29, 1.82) is 0 Å². The van der Waals surface area contributed by atoms with E-state index in [2.05, 4.69) is 12.2 Å². The number of nitrogens with one attached hydrogen (secondary N) is 1. The number of ether oxygens (including phenoxy) is 1. The molecule has 2 heterocycles. The van der Waals surface area contributed by atoms with Crippen LogP contribution in [0.15, 0.2) is 0 Å². The van der Waals surface area contributed by atoms with Crippen LogP contribution in [0.4, 0.5) is 4.79 Å². The van der Waals surface area contributed by atoms with Gasteiger partial charge in [0.1, 0.15) is 0 Å². The van der Waals surface area contributed by atoms with Crippen molar-refractivity contribution < 1.29 is 19.4 Å². The molecule has 0 aromatic rings. The highest BCUT2D eigenvalue weighted by Gasteiger charge is 2.67. The molecule has 0 unspecified atom stereocenters. The molecule has 6 heteroatoms. The maximum atomic E-state index is 13.2. The molecule has 1 spiro atoms.